The largest absolute Gasteiger partial charge is 0.355 e. The number of hydrogen-bond donors (Lipinski definition) is 2. The van der Waals surface area contributed by atoms with Crippen molar-refractivity contribution >= 4 is 23.4 Å². The molecule has 1 aliphatic rings. The Morgan fingerprint density at radius 3 is 3.06 bits per heavy atom. The van der Waals surface area contributed by atoms with Gasteiger partial charge in [-0.05, 0) is 18.6 Å². The molecule has 1 saturated heterocycles. The minimum Gasteiger partial charge on any atom is -0.355 e. The van der Waals surface area contributed by atoms with Crippen LogP contribution in [0.2, 0.25) is 0 Å². The number of anilines is 2. The fraction of sp³-hybridized carbons (Fsp3) is 0.667. The summed E-state index contributed by atoms with van der Waals surface area (Å²) in [6.45, 7) is 4.29. The number of hydrogen-bond acceptors (Lipinski definition) is 6. The number of hydrazine groups is 1. The van der Waals surface area contributed by atoms with Gasteiger partial charge in [0.1, 0.15) is 18.0 Å². The molecule has 0 bridgehead atoms. The highest BCUT2D eigenvalue weighted by Gasteiger charge is 2.17. The first-order chi connectivity index (χ1) is 8.86. The molecule has 2 rings (SSSR count). The third kappa shape index (κ3) is 3.05. The summed E-state index contributed by atoms with van der Waals surface area (Å²) < 4.78 is 0. The molecule has 3 N–H and O–H groups in total. The Bertz CT molecular complexity index is 377. The van der Waals surface area contributed by atoms with Gasteiger partial charge < -0.3 is 10.3 Å². The number of nitrogens with two attached hydrogens (primary N) is 1. The van der Waals surface area contributed by atoms with Crippen molar-refractivity contribution in [3.05, 3.63) is 11.9 Å². The molecular formula is C12H21N5S. The van der Waals surface area contributed by atoms with Crippen LogP contribution in [-0.2, 0) is 6.42 Å². The van der Waals surface area contributed by atoms with E-state index < -0.39 is 0 Å². The molecule has 1 aromatic heterocycles. The molecule has 0 aliphatic carbocycles. The van der Waals surface area contributed by atoms with Gasteiger partial charge in [-0.15, -0.1) is 0 Å². The van der Waals surface area contributed by atoms with Crippen molar-refractivity contribution in [2.24, 2.45) is 5.84 Å². The average Bonchev–Trinajstić information content (AvgIpc) is 2.68. The van der Waals surface area contributed by atoms with Crippen LogP contribution in [0.3, 0.4) is 0 Å². The molecule has 18 heavy (non-hydrogen) atoms. The number of nitrogens with zero attached hydrogens (tertiary/aromatic N) is 3. The zero-order chi connectivity index (χ0) is 12.8. The summed E-state index contributed by atoms with van der Waals surface area (Å²) in [5.41, 5.74) is 3.84. The molecule has 6 heteroatoms. The van der Waals surface area contributed by atoms with E-state index in [-0.39, 0.29) is 0 Å². The standard InChI is InChI=1S/C12H21N5S/c1-2-4-10-11(16-13)14-9-15-12(10)17-5-3-7-18-8-6-17/h9H,2-8,13H2,1H3,(H,14,15,16). The molecule has 1 aromatic rings. The Balaban J connectivity index is 2.29. The first-order valence-electron chi connectivity index (χ1n) is 6.50. The molecule has 1 aliphatic heterocycles. The number of thioether (sulfide) groups is 1. The van der Waals surface area contributed by atoms with Gasteiger partial charge in [-0.2, -0.15) is 11.8 Å². The van der Waals surface area contributed by atoms with Gasteiger partial charge in [0.05, 0.1) is 0 Å². The molecule has 0 saturated carbocycles. The lowest BCUT2D eigenvalue weighted by molar-refractivity contribution is 0.781. The molecule has 1 fully saturated rings. The van der Waals surface area contributed by atoms with Gasteiger partial charge >= 0.3 is 0 Å². The van der Waals surface area contributed by atoms with Crippen LogP contribution < -0.4 is 16.2 Å². The highest BCUT2D eigenvalue weighted by Crippen LogP contribution is 2.26. The number of aromatic nitrogens is 2. The molecule has 0 unspecified atom stereocenters. The number of nitrogens with one attached hydrogen (secondary N) is 1. The van der Waals surface area contributed by atoms with Gasteiger partial charge in [0.2, 0.25) is 0 Å². The van der Waals surface area contributed by atoms with Crippen LogP contribution in [0.15, 0.2) is 6.33 Å². The van der Waals surface area contributed by atoms with E-state index in [1.165, 1.54) is 17.9 Å². The Kier molecular flexibility index (Phi) is 5.07. The molecule has 2 heterocycles. The van der Waals surface area contributed by atoms with Crippen LogP contribution in [0.4, 0.5) is 11.6 Å². The summed E-state index contributed by atoms with van der Waals surface area (Å²) in [5, 5.41) is 0. The van der Waals surface area contributed by atoms with E-state index in [2.05, 4.69) is 27.2 Å². The van der Waals surface area contributed by atoms with E-state index in [0.717, 1.165) is 43.1 Å². The Labute approximate surface area is 113 Å². The van der Waals surface area contributed by atoms with Crippen molar-refractivity contribution in [1.82, 2.24) is 9.97 Å². The second-order valence-electron chi connectivity index (χ2n) is 4.37. The zero-order valence-corrected chi connectivity index (χ0v) is 11.7. The molecule has 0 amide bonds. The fourth-order valence-electron chi connectivity index (χ4n) is 2.24. The van der Waals surface area contributed by atoms with Crippen molar-refractivity contribution in [3.63, 3.8) is 0 Å². The van der Waals surface area contributed by atoms with Gasteiger partial charge in [0.25, 0.3) is 0 Å². The first kappa shape index (κ1) is 13.4. The lowest BCUT2D eigenvalue weighted by Crippen LogP contribution is -2.28. The Morgan fingerprint density at radius 2 is 2.28 bits per heavy atom. The number of rotatable bonds is 4. The van der Waals surface area contributed by atoms with Crippen molar-refractivity contribution in [3.8, 4) is 0 Å². The van der Waals surface area contributed by atoms with E-state index in [4.69, 9.17) is 5.84 Å². The molecular weight excluding hydrogens is 246 g/mol. The van der Waals surface area contributed by atoms with Crippen molar-refractivity contribution < 1.29 is 0 Å². The van der Waals surface area contributed by atoms with Gasteiger partial charge in [0.15, 0.2) is 0 Å². The summed E-state index contributed by atoms with van der Waals surface area (Å²) in [6.07, 6.45) is 4.84. The van der Waals surface area contributed by atoms with Crippen LogP contribution in [0, 0.1) is 0 Å². The Hall–Kier alpha value is -1.01. The van der Waals surface area contributed by atoms with Gasteiger partial charge in [0, 0.05) is 24.4 Å². The quantitative estimate of drug-likeness (QED) is 0.639. The smallest absolute Gasteiger partial charge is 0.148 e. The maximum atomic E-state index is 5.55. The molecule has 0 atom stereocenters. The topological polar surface area (TPSA) is 67.1 Å². The molecule has 0 radical (unpaired) electrons. The highest BCUT2D eigenvalue weighted by molar-refractivity contribution is 7.99. The summed E-state index contributed by atoms with van der Waals surface area (Å²) in [7, 11) is 0. The van der Waals surface area contributed by atoms with E-state index in [1.54, 1.807) is 6.33 Å². The lowest BCUT2D eigenvalue weighted by atomic mass is 10.1. The summed E-state index contributed by atoms with van der Waals surface area (Å²) in [4.78, 5) is 11.1. The van der Waals surface area contributed by atoms with Crippen LogP contribution in [0.5, 0.6) is 0 Å². The maximum absolute atomic E-state index is 5.55. The maximum Gasteiger partial charge on any atom is 0.148 e. The van der Waals surface area contributed by atoms with E-state index >= 15 is 0 Å². The zero-order valence-electron chi connectivity index (χ0n) is 10.9. The molecule has 5 nitrogen and oxygen atoms in total. The summed E-state index contributed by atoms with van der Waals surface area (Å²) in [5.74, 6) is 9.78. The van der Waals surface area contributed by atoms with Crippen molar-refractivity contribution in [2.45, 2.75) is 26.2 Å². The van der Waals surface area contributed by atoms with E-state index in [0.29, 0.717) is 0 Å². The normalized spacial score (nSPS) is 16.4. The second-order valence-corrected chi connectivity index (χ2v) is 5.60. The third-order valence-electron chi connectivity index (χ3n) is 3.08. The first-order valence-corrected chi connectivity index (χ1v) is 7.65. The van der Waals surface area contributed by atoms with Crippen molar-refractivity contribution in [2.75, 3.05) is 34.9 Å². The predicted octanol–water partition coefficient (Wildman–Crippen LogP) is 1.66. The van der Waals surface area contributed by atoms with Crippen molar-refractivity contribution in [1.29, 1.82) is 0 Å². The lowest BCUT2D eigenvalue weighted by Gasteiger charge is -2.24. The van der Waals surface area contributed by atoms with Gasteiger partial charge in [-0.3, -0.25) is 0 Å². The van der Waals surface area contributed by atoms with Crippen LogP contribution in [0.25, 0.3) is 0 Å². The summed E-state index contributed by atoms with van der Waals surface area (Å²) >= 11 is 2.02. The van der Waals surface area contributed by atoms with Crippen LogP contribution >= 0.6 is 11.8 Å². The van der Waals surface area contributed by atoms with Crippen LogP contribution in [-0.4, -0.2) is 34.6 Å². The minimum atomic E-state index is 0.763. The molecule has 0 spiro atoms. The highest BCUT2D eigenvalue weighted by atomic mass is 32.2. The number of nitrogen functional groups attached to an aromatic ring is 1. The van der Waals surface area contributed by atoms with E-state index in [1.807, 2.05) is 11.8 Å². The minimum absolute atomic E-state index is 0.763. The average molecular weight is 267 g/mol. The van der Waals surface area contributed by atoms with Gasteiger partial charge in [-0.25, -0.2) is 15.8 Å². The van der Waals surface area contributed by atoms with Gasteiger partial charge in [-0.1, -0.05) is 13.3 Å². The van der Waals surface area contributed by atoms with Crippen LogP contribution in [0.1, 0.15) is 25.3 Å². The fourth-order valence-corrected chi connectivity index (χ4v) is 3.12. The summed E-state index contributed by atoms with van der Waals surface area (Å²) in [6, 6.07) is 0. The molecule has 100 valence electrons. The second kappa shape index (κ2) is 6.80. The monoisotopic (exact) mass is 267 g/mol. The third-order valence-corrected chi connectivity index (χ3v) is 4.13. The Morgan fingerprint density at radius 1 is 1.39 bits per heavy atom. The molecule has 0 aromatic carbocycles. The predicted molar refractivity (Wildman–Crippen MR) is 78.0 cm³/mol. The van der Waals surface area contributed by atoms with E-state index in [9.17, 15) is 0 Å². The SMILES string of the molecule is CCCc1c(NN)ncnc1N1CCCSCC1.